The van der Waals surface area contributed by atoms with Gasteiger partial charge in [0.2, 0.25) is 5.91 Å². The van der Waals surface area contributed by atoms with Crippen molar-refractivity contribution >= 4 is 17.7 Å². The number of hydrogen-bond acceptors (Lipinski definition) is 6. The predicted molar refractivity (Wildman–Crippen MR) is 68.5 cm³/mol. The van der Waals surface area contributed by atoms with Crippen LogP contribution in [0.5, 0.6) is 0 Å². The van der Waals surface area contributed by atoms with Gasteiger partial charge in [-0.1, -0.05) is 19.0 Å². The van der Waals surface area contributed by atoms with Gasteiger partial charge in [0.25, 0.3) is 0 Å². The first-order valence-corrected chi connectivity index (χ1v) is 5.98. The zero-order chi connectivity index (χ0) is 14.4. The highest BCUT2D eigenvalue weighted by molar-refractivity contribution is 5.91. The number of nitrogens with one attached hydrogen (secondary N) is 2. The zero-order valence-electron chi connectivity index (χ0n) is 11.5. The first-order chi connectivity index (χ1) is 8.93. The monoisotopic (exact) mass is 269 g/mol. The molecule has 0 aromatic carbocycles. The number of aromatic nitrogens is 1. The van der Waals surface area contributed by atoms with Crippen LogP contribution in [0.1, 0.15) is 19.6 Å². The fourth-order valence-corrected chi connectivity index (χ4v) is 1.53. The molecule has 0 aliphatic heterocycles. The molecule has 0 aliphatic rings. The number of esters is 1. The second-order valence-corrected chi connectivity index (χ2v) is 4.50. The van der Waals surface area contributed by atoms with Gasteiger partial charge >= 0.3 is 5.97 Å². The molecule has 0 saturated heterocycles. The first-order valence-electron chi connectivity index (χ1n) is 5.98. The van der Waals surface area contributed by atoms with E-state index in [4.69, 9.17) is 4.52 Å². The molecule has 7 nitrogen and oxygen atoms in total. The molecule has 0 bridgehead atoms. The third-order valence-corrected chi connectivity index (χ3v) is 2.50. The van der Waals surface area contributed by atoms with Crippen LogP contribution in [0.4, 0.5) is 5.82 Å². The highest BCUT2D eigenvalue weighted by Gasteiger charge is 2.23. The number of ether oxygens (including phenoxy) is 1. The van der Waals surface area contributed by atoms with Crippen molar-refractivity contribution in [2.75, 3.05) is 19.0 Å². The van der Waals surface area contributed by atoms with Gasteiger partial charge in [0.15, 0.2) is 5.82 Å². The predicted octanol–water partition coefficient (Wildman–Crippen LogP) is 0.709. The fraction of sp³-hybridized carbons (Fsp3) is 0.583. The van der Waals surface area contributed by atoms with Crippen molar-refractivity contribution in [2.24, 2.45) is 5.92 Å². The van der Waals surface area contributed by atoms with Crippen LogP contribution in [0.15, 0.2) is 10.6 Å². The number of hydrogen-bond donors (Lipinski definition) is 2. The molecule has 1 heterocycles. The van der Waals surface area contributed by atoms with E-state index in [0.29, 0.717) is 11.6 Å². The van der Waals surface area contributed by atoms with Crippen LogP contribution in [-0.2, 0) is 14.3 Å². The SMILES string of the molecule is COC(=O)C(NCC(=O)Nc1cc(C)on1)C(C)C. The average Bonchev–Trinajstić information content (AvgIpc) is 2.74. The number of amides is 1. The van der Waals surface area contributed by atoms with Crippen molar-refractivity contribution in [1.82, 2.24) is 10.5 Å². The standard InChI is InChI=1S/C12H19N3O4/c1-7(2)11(12(17)18-4)13-6-10(16)14-9-5-8(3)19-15-9/h5,7,11,13H,6H2,1-4H3,(H,14,15,16). The Bertz CT molecular complexity index is 442. The lowest BCUT2D eigenvalue weighted by Gasteiger charge is -2.19. The van der Waals surface area contributed by atoms with Crippen LogP contribution in [0, 0.1) is 12.8 Å². The summed E-state index contributed by atoms with van der Waals surface area (Å²) in [6, 6.07) is 1.09. The van der Waals surface area contributed by atoms with Crippen LogP contribution >= 0.6 is 0 Å². The Kier molecular flexibility index (Phi) is 5.50. The summed E-state index contributed by atoms with van der Waals surface area (Å²) in [4.78, 5) is 23.1. The Morgan fingerprint density at radius 3 is 2.63 bits per heavy atom. The number of rotatable bonds is 6. The molecule has 0 aliphatic carbocycles. The lowest BCUT2D eigenvalue weighted by Crippen LogP contribution is -2.45. The molecular weight excluding hydrogens is 250 g/mol. The summed E-state index contributed by atoms with van der Waals surface area (Å²) in [6.07, 6.45) is 0. The smallest absolute Gasteiger partial charge is 0.323 e. The van der Waals surface area contributed by atoms with Crippen LogP contribution in [0.2, 0.25) is 0 Å². The summed E-state index contributed by atoms with van der Waals surface area (Å²) in [5.74, 6) is 0.291. The van der Waals surface area contributed by atoms with Crippen LogP contribution in [-0.4, -0.2) is 36.7 Å². The van der Waals surface area contributed by atoms with Crippen molar-refractivity contribution in [2.45, 2.75) is 26.8 Å². The summed E-state index contributed by atoms with van der Waals surface area (Å²) in [5.41, 5.74) is 0. The van der Waals surface area contributed by atoms with Gasteiger partial charge in [-0.15, -0.1) is 0 Å². The molecule has 1 rings (SSSR count). The molecule has 0 saturated carbocycles. The number of carbonyl (C=O) groups is 2. The van der Waals surface area contributed by atoms with Gasteiger partial charge in [-0.2, -0.15) is 0 Å². The second-order valence-electron chi connectivity index (χ2n) is 4.50. The lowest BCUT2D eigenvalue weighted by atomic mass is 10.0. The largest absolute Gasteiger partial charge is 0.468 e. The molecule has 7 heteroatoms. The average molecular weight is 269 g/mol. The van der Waals surface area contributed by atoms with Crippen molar-refractivity contribution < 1.29 is 18.8 Å². The van der Waals surface area contributed by atoms with Crippen molar-refractivity contribution in [3.05, 3.63) is 11.8 Å². The summed E-state index contributed by atoms with van der Waals surface area (Å²) in [6.45, 7) is 5.46. The van der Waals surface area contributed by atoms with Gasteiger partial charge in [-0.3, -0.25) is 14.9 Å². The third kappa shape index (κ3) is 4.70. The molecule has 1 amide bonds. The Morgan fingerprint density at radius 1 is 1.47 bits per heavy atom. The molecule has 0 spiro atoms. The fourth-order valence-electron chi connectivity index (χ4n) is 1.53. The van der Waals surface area contributed by atoms with E-state index in [9.17, 15) is 9.59 Å². The Balaban J connectivity index is 2.46. The highest BCUT2D eigenvalue weighted by Crippen LogP contribution is 2.07. The van der Waals surface area contributed by atoms with Gasteiger partial charge in [0.1, 0.15) is 11.8 Å². The molecule has 0 radical (unpaired) electrons. The van der Waals surface area contributed by atoms with Crippen molar-refractivity contribution in [1.29, 1.82) is 0 Å². The first kappa shape index (κ1) is 15.2. The van der Waals surface area contributed by atoms with E-state index >= 15 is 0 Å². The maximum atomic E-state index is 11.7. The molecule has 1 unspecified atom stereocenters. The Hall–Kier alpha value is -1.89. The molecule has 1 aromatic rings. The number of anilines is 1. The Morgan fingerprint density at radius 2 is 2.16 bits per heavy atom. The van der Waals surface area contributed by atoms with E-state index in [1.807, 2.05) is 13.8 Å². The third-order valence-electron chi connectivity index (χ3n) is 2.50. The summed E-state index contributed by atoms with van der Waals surface area (Å²) >= 11 is 0. The van der Waals surface area contributed by atoms with Crippen LogP contribution in [0.3, 0.4) is 0 Å². The summed E-state index contributed by atoms with van der Waals surface area (Å²) < 4.78 is 9.49. The minimum absolute atomic E-state index is 0.0101. The molecule has 1 aromatic heterocycles. The van der Waals surface area contributed by atoms with Crippen LogP contribution in [0.25, 0.3) is 0 Å². The van der Waals surface area contributed by atoms with Crippen molar-refractivity contribution in [3.63, 3.8) is 0 Å². The maximum absolute atomic E-state index is 11.7. The van der Waals surface area contributed by atoms with Crippen LogP contribution < -0.4 is 10.6 Å². The van der Waals surface area contributed by atoms with Gasteiger partial charge < -0.3 is 14.6 Å². The topological polar surface area (TPSA) is 93.5 Å². The van der Waals surface area contributed by atoms with E-state index in [0.717, 1.165) is 0 Å². The molecule has 19 heavy (non-hydrogen) atoms. The molecule has 1 atom stereocenters. The zero-order valence-corrected chi connectivity index (χ0v) is 11.5. The summed E-state index contributed by atoms with van der Waals surface area (Å²) in [7, 11) is 1.32. The van der Waals surface area contributed by atoms with E-state index in [1.165, 1.54) is 7.11 Å². The molecule has 0 fully saturated rings. The van der Waals surface area contributed by atoms with E-state index in [-0.39, 0.29) is 24.3 Å². The number of aryl methyl sites for hydroxylation is 1. The van der Waals surface area contributed by atoms with E-state index in [1.54, 1.807) is 13.0 Å². The number of methoxy groups -OCH3 is 1. The second kappa shape index (κ2) is 6.89. The number of nitrogens with zero attached hydrogens (tertiary/aromatic N) is 1. The minimum Gasteiger partial charge on any atom is -0.468 e. The quantitative estimate of drug-likeness (QED) is 0.739. The summed E-state index contributed by atoms with van der Waals surface area (Å²) in [5, 5.41) is 9.05. The van der Waals surface area contributed by atoms with Gasteiger partial charge in [-0.05, 0) is 12.8 Å². The minimum atomic E-state index is -0.519. The van der Waals surface area contributed by atoms with E-state index in [2.05, 4.69) is 20.5 Å². The van der Waals surface area contributed by atoms with Crippen molar-refractivity contribution in [3.8, 4) is 0 Å². The normalized spacial score (nSPS) is 12.3. The number of carbonyl (C=O) groups excluding carboxylic acids is 2. The van der Waals surface area contributed by atoms with Gasteiger partial charge in [0, 0.05) is 6.07 Å². The van der Waals surface area contributed by atoms with Gasteiger partial charge in [0.05, 0.1) is 13.7 Å². The molecule has 106 valence electrons. The lowest BCUT2D eigenvalue weighted by molar-refractivity contribution is -0.144. The molecule has 2 N–H and O–H groups in total. The molecular formula is C12H19N3O4. The Labute approximate surface area is 111 Å². The van der Waals surface area contributed by atoms with Gasteiger partial charge in [-0.25, -0.2) is 0 Å². The van der Waals surface area contributed by atoms with E-state index < -0.39 is 6.04 Å². The highest BCUT2D eigenvalue weighted by atomic mass is 16.5. The maximum Gasteiger partial charge on any atom is 0.323 e.